The van der Waals surface area contributed by atoms with Gasteiger partial charge in [-0.15, -0.1) is 11.3 Å². The number of halogens is 1. The zero-order chi connectivity index (χ0) is 8.27. The van der Waals surface area contributed by atoms with Crippen molar-refractivity contribution in [3.05, 3.63) is 27.4 Å². The smallest absolute Gasteiger partial charge is 0.0934 e. The second-order valence-electron chi connectivity index (χ2n) is 2.26. The Morgan fingerprint density at radius 3 is 3.00 bits per heavy atom. The third-order valence-corrected chi connectivity index (χ3v) is 2.54. The van der Waals surface area contributed by atoms with E-state index in [2.05, 4.69) is 0 Å². The Labute approximate surface area is 75.5 Å². The summed E-state index contributed by atoms with van der Waals surface area (Å²) in [5.41, 5.74) is 7.73. The van der Waals surface area contributed by atoms with Gasteiger partial charge in [0.15, 0.2) is 0 Å². The van der Waals surface area contributed by atoms with Gasteiger partial charge in [0.2, 0.25) is 0 Å². The predicted octanol–water partition coefficient (Wildman–Crippen LogP) is 2.76. The Morgan fingerprint density at radius 2 is 2.55 bits per heavy atom. The number of allylic oxidation sites excluding steroid dienone is 1. The molecule has 1 heterocycles. The van der Waals surface area contributed by atoms with Gasteiger partial charge in [-0.25, -0.2) is 0 Å². The largest absolute Gasteiger partial charge is 0.327 e. The van der Waals surface area contributed by atoms with Crippen LogP contribution in [0.2, 0.25) is 4.34 Å². The molecule has 11 heavy (non-hydrogen) atoms. The summed E-state index contributed by atoms with van der Waals surface area (Å²) < 4.78 is 0.824. The summed E-state index contributed by atoms with van der Waals surface area (Å²) in [5, 5.41) is 2.03. The molecule has 1 nitrogen and oxygen atoms in total. The van der Waals surface area contributed by atoms with Crippen molar-refractivity contribution in [1.29, 1.82) is 0 Å². The molecule has 2 N–H and O–H groups in total. The maximum absolute atomic E-state index is 5.76. The Morgan fingerprint density at radius 1 is 1.82 bits per heavy atom. The van der Waals surface area contributed by atoms with Gasteiger partial charge in [-0.1, -0.05) is 17.7 Å². The van der Waals surface area contributed by atoms with E-state index in [0.29, 0.717) is 6.54 Å². The normalized spacial score (nSPS) is 12.1. The molecule has 0 amide bonds. The van der Waals surface area contributed by atoms with Gasteiger partial charge < -0.3 is 5.73 Å². The van der Waals surface area contributed by atoms with Crippen LogP contribution < -0.4 is 5.73 Å². The average molecular weight is 188 g/mol. The van der Waals surface area contributed by atoms with Crippen LogP contribution in [-0.2, 0) is 0 Å². The second kappa shape index (κ2) is 3.90. The standard InChI is InChI=1S/C8H10ClNS/c1-6(2-3-10)7-4-8(9)11-5-7/h2,4-5H,3,10H2,1H3/b6-2+. The summed E-state index contributed by atoms with van der Waals surface area (Å²) in [5.74, 6) is 0. The van der Waals surface area contributed by atoms with E-state index in [-0.39, 0.29) is 0 Å². The molecule has 0 aliphatic rings. The van der Waals surface area contributed by atoms with Gasteiger partial charge in [-0.2, -0.15) is 0 Å². The van der Waals surface area contributed by atoms with Crippen LogP contribution in [0.5, 0.6) is 0 Å². The van der Waals surface area contributed by atoms with Crippen molar-refractivity contribution in [2.75, 3.05) is 6.54 Å². The highest BCUT2D eigenvalue weighted by Crippen LogP contribution is 2.24. The van der Waals surface area contributed by atoms with E-state index in [1.165, 1.54) is 11.1 Å². The van der Waals surface area contributed by atoms with Gasteiger partial charge in [0.05, 0.1) is 4.34 Å². The molecule has 1 aromatic heterocycles. The second-order valence-corrected chi connectivity index (χ2v) is 3.80. The Balaban J connectivity index is 2.84. The molecule has 3 heteroatoms. The lowest BCUT2D eigenvalue weighted by molar-refractivity contribution is 1.25. The number of rotatable bonds is 2. The SMILES string of the molecule is C/C(=C\CN)c1csc(Cl)c1. The molecule has 1 aromatic rings. The lowest BCUT2D eigenvalue weighted by Crippen LogP contribution is -1.93. The lowest BCUT2D eigenvalue weighted by Gasteiger charge is -1.93. The molecule has 0 spiro atoms. The molecule has 0 saturated carbocycles. The number of hydrogen-bond donors (Lipinski definition) is 1. The van der Waals surface area contributed by atoms with E-state index in [1.807, 2.05) is 24.4 Å². The molecule has 0 radical (unpaired) electrons. The van der Waals surface area contributed by atoms with E-state index in [4.69, 9.17) is 17.3 Å². The third kappa shape index (κ3) is 2.33. The monoisotopic (exact) mass is 187 g/mol. The maximum atomic E-state index is 5.76. The maximum Gasteiger partial charge on any atom is 0.0934 e. The minimum Gasteiger partial charge on any atom is -0.327 e. The molecular weight excluding hydrogens is 178 g/mol. The zero-order valence-electron chi connectivity index (χ0n) is 6.30. The minimum absolute atomic E-state index is 0.583. The highest BCUT2D eigenvalue weighted by molar-refractivity contribution is 7.14. The van der Waals surface area contributed by atoms with E-state index in [9.17, 15) is 0 Å². The van der Waals surface area contributed by atoms with Crippen molar-refractivity contribution >= 4 is 28.5 Å². The first kappa shape index (κ1) is 8.78. The molecule has 0 atom stereocenters. The Kier molecular flexibility index (Phi) is 3.12. The predicted molar refractivity (Wildman–Crippen MR) is 52.0 cm³/mol. The molecule has 0 aliphatic heterocycles. The Bertz CT molecular complexity index is 265. The third-order valence-electron chi connectivity index (χ3n) is 1.45. The zero-order valence-corrected chi connectivity index (χ0v) is 7.88. The fourth-order valence-electron chi connectivity index (χ4n) is 0.811. The highest BCUT2D eigenvalue weighted by atomic mass is 35.5. The first-order valence-corrected chi connectivity index (χ1v) is 4.61. The summed E-state index contributed by atoms with van der Waals surface area (Å²) in [6.07, 6.45) is 1.98. The van der Waals surface area contributed by atoms with E-state index in [0.717, 1.165) is 4.34 Å². The molecule has 0 aliphatic carbocycles. The summed E-state index contributed by atoms with van der Waals surface area (Å²) in [6.45, 7) is 2.62. The Hall–Kier alpha value is -0.310. The van der Waals surface area contributed by atoms with Crippen LogP contribution in [0.25, 0.3) is 5.57 Å². The van der Waals surface area contributed by atoms with Crippen molar-refractivity contribution in [1.82, 2.24) is 0 Å². The molecule has 0 fully saturated rings. The molecule has 0 saturated heterocycles. The van der Waals surface area contributed by atoms with Crippen LogP contribution in [0.1, 0.15) is 12.5 Å². The van der Waals surface area contributed by atoms with Gasteiger partial charge in [0.1, 0.15) is 0 Å². The van der Waals surface area contributed by atoms with E-state index in [1.54, 1.807) is 11.3 Å². The van der Waals surface area contributed by atoms with Crippen LogP contribution in [0.3, 0.4) is 0 Å². The fraction of sp³-hybridized carbons (Fsp3) is 0.250. The van der Waals surface area contributed by atoms with Gasteiger partial charge in [0, 0.05) is 6.54 Å². The average Bonchev–Trinajstić information content (AvgIpc) is 2.36. The summed E-state index contributed by atoms with van der Waals surface area (Å²) in [6, 6.07) is 1.95. The van der Waals surface area contributed by atoms with Gasteiger partial charge in [0.25, 0.3) is 0 Å². The van der Waals surface area contributed by atoms with Crippen molar-refractivity contribution < 1.29 is 0 Å². The van der Waals surface area contributed by atoms with E-state index < -0.39 is 0 Å². The van der Waals surface area contributed by atoms with Crippen molar-refractivity contribution in [2.24, 2.45) is 5.73 Å². The topological polar surface area (TPSA) is 26.0 Å². The van der Waals surface area contributed by atoms with Crippen molar-refractivity contribution in [3.63, 3.8) is 0 Å². The van der Waals surface area contributed by atoms with Crippen LogP contribution in [0, 0.1) is 0 Å². The van der Waals surface area contributed by atoms with E-state index >= 15 is 0 Å². The first-order chi connectivity index (χ1) is 5.24. The first-order valence-electron chi connectivity index (χ1n) is 3.35. The molecule has 60 valence electrons. The summed E-state index contributed by atoms with van der Waals surface area (Å²) >= 11 is 7.31. The quantitative estimate of drug-likeness (QED) is 0.757. The van der Waals surface area contributed by atoms with Gasteiger partial charge in [-0.3, -0.25) is 0 Å². The van der Waals surface area contributed by atoms with Crippen LogP contribution in [-0.4, -0.2) is 6.54 Å². The fourth-order valence-corrected chi connectivity index (χ4v) is 1.75. The summed E-state index contributed by atoms with van der Waals surface area (Å²) in [4.78, 5) is 0. The molecule has 0 bridgehead atoms. The minimum atomic E-state index is 0.583. The highest BCUT2D eigenvalue weighted by Gasteiger charge is 1.97. The van der Waals surface area contributed by atoms with Gasteiger partial charge >= 0.3 is 0 Å². The van der Waals surface area contributed by atoms with Crippen LogP contribution in [0.15, 0.2) is 17.5 Å². The number of nitrogens with two attached hydrogens (primary N) is 1. The van der Waals surface area contributed by atoms with Crippen LogP contribution in [0.4, 0.5) is 0 Å². The van der Waals surface area contributed by atoms with Crippen molar-refractivity contribution in [2.45, 2.75) is 6.92 Å². The van der Waals surface area contributed by atoms with Crippen molar-refractivity contribution in [3.8, 4) is 0 Å². The molecule has 0 aromatic carbocycles. The number of hydrogen-bond acceptors (Lipinski definition) is 2. The molecule has 0 unspecified atom stereocenters. The summed E-state index contributed by atoms with van der Waals surface area (Å²) in [7, 11) is 0. The van der Waals surface area contributed by atoms with Crippen LogP contribution >= 0.6 is 22.9 Å². The lowest BCUT2D eigenvalue weighted by atomic mass is 10.1. The number of thiophene rings is 1. The molecular formula is C8H10ClNS. The molecule has 1 rings (SSSR count). The van der Waals surface area contributed by atoms with Gasteiger partial charge in [-0.05, 0) is 29.5 Å².